The van der Waals surface area contributed by atoms with Crippen molar-refractivity contribution in [2.24, 2.45) is 0 Å². The highest BCUT2D eigenvalue weighted by Gasteiger charge is 2.32. The van der Waals surface area contributed by atoms with Crippen molar-refractivity contribution in [3.05, 3.63) is 15.6 Å². The van der Waals surface area contributed by atoms with Gasteiger partial charge in [-0.2, -0.15) is 0 Å². The van der Waals surface area contributed by atoms with Crippen LogP contribution in [0, 0.1) is 6.92 Å². The Kier molecular flexibility index (Phi) is 2.89. The summed E-state index contributed by atoms with van der Waals surface area (Å²) in [4.78, 5) is 16.0. The van der Waals surface area contributed by atoms with Gasteiger partial charge in [0, 0.05) is 18.6 Å². The van der Waals surface area contributed by atoms with Gasteiger partial charge in [0.05, 0.1) is 15.6 Å². The number of thiazole rings is 1. The van der Waals surface area contributed by atoms with Crippen LogP contribution in [0.2, 0.25) is 0 Å². The van der Waals surface area contributed by atoms with Crippen molar-refractivity contribution in [2.45, 2.75) is 32.1 Å². The summed E-state index contributed by atoms with van der Waals surface area (Å²) in [5, 5.41) is 1.09. The van der Waals surface area contributed by atoms with Gasteiger partial charge >= 0.3 is 0 Å². The van der Waals surface area contributed by atoms with Crippen LogP contribution >= 0.6 is 11.3 Å². The first-order valence-electron chi connectivity index (χ1n) is 5.16. The number of carbonyl (C=O) groups excluding carboxylic acids is 1. The maximum Gasteiger partial charge on any atom is 0.161 e. The summed E-state index contributed by atoms with van der Waals surface area (Å²) < 4.78 is 5.36. The Labute approximate surface area is 93.5 Å². The molecule has 0 amide bonds. The largest absolute Gasteiger partial charge is 0.381 e. The summed E-state index contributed by atoms with van der Waals surface area (Å²) in [6.07, 6.45) is 2.90. The van der Waals surface area contributed by atoms with Crippen molar-refractivity contribution in [1.29, 1.82) is 0 Å². The number of aromatic nitrogens is 1. The Morgan fingerprint density at radius 2 is 2.13 bits per heavy atom. The van der Waals surface area contributed by atoms with E-state index in [9.17, 15) is 4.79 Å². The van der Waals surface area contributed by atoms with Crippen molar-refractivity contribution in [1.82, 2.24) is 4.98 Å². The lowest BCUT2D eigenvalue weighted by molar-refractivity contribution is 0.0563. The highest BCUT2D eigenvalue weighted by atomic mass is 32.1. The van der Waals surface area contributed by atoms with E-state index in [0.717, 1.165) is 47.9 Å². The monoisotopic (exact) mass is 225 g/mol. The molecule has 15 heavy (non-hydrogen) atoms. The average molecular weight is 225 g/mol. The first-order chi connectivity index (χ1) is 7.15. The zero-order chi connectivity index (χ0) is 10.9. The molecule has 1 aromatic rings. The van der Waals surface area contributed by atoms with Gasteiger partial charge in [-0.25, -0.2) is 4.98 Å². The van der Waals surface area contributed by atoms with E-state index in [0.29, 0.717) is 0 Å². The minimum atomic E-state index is 0.106. The van der Waals surface area contributed by atoms with Crippen molar-refractivity contribution in [3.63, 3.8) is 0 Å². The maximum atomic E-state index is 10.8. The minimum Gasteiger partial charge on any atom is -0.381 e. The lowest BCUT2D eigenvalue weighted by atomic mass is 9.83. The Morgan fingerprint density at radius 1 is 1.47 bits per heavy atom. The van der Waals surface area contributed by atoms with Gasteiger partial charge in [-0.3, -0.25) is 4.79 Å². The molecule has 0 bridgehead atoms. The van der Waals surface area contributed by atoms with Crippen LogP contribution in [-0.2, 0) is 10.2 Å². The van der Waals surface area contributed by atoms with Gasteiger partial charge in [-0.1, -0.05) is 6.92 Å². The quantitative estimate of drug-likeness (QED) is 0.725. The van der Waals surface area contributed by atoms with E-state index in [1.54, 1.807) is 0 Å². The number of aryl methyl sites for hydroxylation is 1. The van der Waals surface area contributed by atoms with Gasteiger partial charge in [0.1, 0.15) is 0 Å². The third-order valence-corrected chi connectivity index (χ3v) is 4.44. The van der Waals surface area contributed by atoms with Crippen LogP contribution in [0.25, 0.3) is 0 Å². The topological polar surface area (TPSA) is 39.2 Å². The highest BCUT2D eigenvalue weighted by Crippen LogP contribution is 2.37. The molecule has 0 aromatic carbocycles. The summed E-state index contributed by atoms with van der Waals surface area (Å²) in [7, 11) is 0. The molecule has 0 unspecified atom stereocenters. The smallest absolute Gasteiger partial charge is 0.161 e. The highest BCUT2D eigenvalue weighted by molar-refractivity contribution is 7.13. The Balaban J connectivity index is 2.30. The summed E-state index contributed by atoms with van der Waals surface area (Å²) in [5.74, 6) is 0. The Morgan fingerprint density at radius 3 is 2.67 bits per heavy atom. The fourth-order valence-electron chi connectivity index (χ4n) is 1.81. The van der Waals surface area contributed by atoms with E-state index in [4.69, 9.17) is 4.74 Å². The lowest BCUT2D eigenvalue weighted by Gasteiger charge is -2.31. The number of nitrogens with zero attached hydrogens (tertiary/aromatic N) is 1. The van der Waals surface area contributed by atoms with E-state index in [2.05, 4.69) is 11.9 Å². The van der Waals surface area contributed by atoms with Gasteiger partial charge in [0.15, 0.2) is 6.29 Å². The van der Waals surface area contributed by atoms with Gasteiger partial charge in [0.25, 0.3) is 0 Å². The molecule has 3 nitrogen and oxygen atoms in total. The van der Waals surface area contributed by atoms with Crippen LogP contribution in [0.15, 0.2) is 0 Å². The van der Waals surface area contributed by atoms with Crippen LogP contribution in [0.1, 0.15) is 40.1 Å². The molecule has 2 heterocycles. The lowest BCUT2D eigenvalue weighted by Crippen LogP contribution is -2.30. The van der Waals surface area contributed by atoms with Crippen LogP contribution in [0.5, 0.6) is 0 Å². The van der Waals surface area contributed by atoms with E-state index < -0.39 is 0 Å². The van der Waals surface area contributed by atoms with Crippen LogP contribution in [-0.4, -0.2) is 24.5 Å². The number of carbonyl (C=O) groups is 1. The number of rotatable bonds is 2. The molecule has 82 valence electrons. The molecule has 1 aliphatic rings. The second kappa shape index (κ2) is 4.02. The van der Waals surface area contributed by atoms with Crippen molar-refractivity contribution >= 4 is 17.6 Å². The Bertz CT molecular complexity index is 367. The third-order valence-electron chi connectivity index (χ3n) is 3.05. The van der Waals surface area contributed by atoms with Gasteiger partial charge in [0.2, 0.25) is 0 Å². The molecule has 2 rings (SSSR count). The first-order valence-corrected chi connectivity index (χ1v) is 5.98. The standard InChI is InChI=1S/C11H15NO2S/c1-8-9(7-13)15-10(12-8)11(2)3-5-14-6-4-11/h7H,3-6H2,1-2H3. The summed E-state index contributed by atoms with van der Waals surface area (Å²) in [5.41, 5.74) is 0.965. The average Bonchev–Trinajstić information content (AvgIpc) is 2.61. The molecule has 0 atom stereocenters. The number of aldehydes is 1. The fourth-order valence-corrected chi connectivity index (χ4v) is 2.89. The molecular weight excluding hydrogens is 210 g/mol. The van der Waals surface area contributed by atoms with E-state index in [-0.39, 0.29) is 5.41 Å². The second-order valence-electron chi connectivity index (χ2n) is 4.26. The molecule has 0 radical (unpaired) electrons. The summed E-state index contributed by atoms with van der Waals surface area (Å²) >= 11 is 1.53. The van der Waals surface area contributed by atoms with E-state index >= 15 is 0 Å². The summed E-state index contributed by atoms with van der Waals surface area (Å²) in [6.45, 7) is 5.70. The molecule has 1 fully saturated rings. The number of ether oxygens (including phenoxy) is 1. The molecular formula is C11H15NO2S. The van der Waals surface area contributed by atoms with Crippen LogP contribution in [0.3, 0.4) is 0 Å². The molecule has 0 N–H and O–H groups in total. The molecule has 0 aliphatic carbocycles. The zero-order valence-electron chi connectivity index (χ0n) is 9.08. The molecule has 0 saturated carbocycles. The van der Waals surface area contributed by atoms with E-state index in [1.807, 2.05) is 6.92 Å². The third kappa shape index (κ3) is 1.96. The number of hydrogen-bond donors (Lipinski definition) is 0. The van der Waals surface area contributed by atoms with Crippen molar-refractivity contribution in [2.75, 3.05) is 13.2 Å². The predicted octanol–water partition coefficient (Wildman–Crippen LogP) is 2.33. The SMILES string of the molecule is Cc1nc(C2(C)CCOCC2)sc1C=O. The van der Waals surface area contributed by atoms with Crippen LogP contribution in [0.4, 0.5) is 0 Å². The second-order valence-corrected chi connectivity index (χ2v) is 5.29. The van der Waals surface area contributed by atoms with Gasteiger partial charge < -0.3 is 4.74 Å². The minimum absolute atomic E-state index is 0.106. The first kappa shape index (κ1) is 10.8. The fraction of sp³-hybridized carbons (Fsp3) is 0.636. The predicted molar refractivity (Wildman–Crippen MR) is 59.6 cm³/mol. The normalized spacial score (nSPS) is 20.1. The molecule has 1 aliphatic heterocycles. The summed E-state index contributed by atoms with van der Waals surface area (Å²) in [6, 6.07) is 0. The Hall–Kier alpha value is -0.740. The molecule has 1 aromatic heterocycles. The van der Waals surface area contributed by atoms with Crippen molar-refractivity contribution in [3.8, 4) is 0 Å². The number of hydrogen-bond acceptors (Lipinski definition) is 4. The molecule has 0 spiro atoms. The van der Waals surface area contributed by atoms with Gasteiger partial charge in [-0.15, -0.1) is 11.3 Å². The molecule has 4 heteroatoms. The van der Waals surface area contributed by atoms with Gasteiger partial charge in [-0.05, 0) is 19.8 Å². The van der Waals surface area contributed by atoms with Crippen molar-refractivity contribution < 1.29 is 9.53 Å². The van der Waals surface area contributed by atoms with Crippen LogP contribution < -0.4 is 0 Å². The molecule has 1 saturated heterocycles. The van der Waals surface area contributed by atoms with E-state index in [1.165, 1.54) is 11.3 Å². The maximum absolute atomic E-state index is 10.8. The zero-order valence-corrected chi connectivity index (χ0v) is 9.89.